The van der Waals surface area contributed by atoms with E-state index in [-0.39, 0.29) is 0 Å². The first-order chi connectivity index (χ1) is 15.6. The highest BCUT2D eigenvalue weighted by molar-refractivity contribution is 6.19. The molecule has 0 N–H and O–H groups in total. The summed E-state index contributed by atoms with van der Waals surface area (Å²) in [6.07, 6.45) is 2.63. The van der Waals surface area contributed by atoms with Gasteiger partial charge in [0.1, 0.15) is 11.5 Å². The Hall–Kier alpha value is -3.87. The minimum absolute atomic E-state index is 0.390. The highest BCUT2D eigenvalue weighted by Crippen LogP contribution is 2.34. The van der Waals surface area contributed by atoms with E-state index in [0.717, 1.165) is 10.9 Å². The van der Waals surface area contributed by atoms with Gasteiger partial charge in [0, 0.05) is 46.9 Å². The number of ketones is 1. The van der Waals surface area contributed by atoms with Gasteiger partial charge >= 0.3 is 12.1 Å². The Balaban J connectivity index is 1.90. The molecular weight excluding hydrogens is 420 g/mol. The lowest BCUT2D eigenvalue weighted by Gasteiger charge is -2.19. The zero-order valence-electron chi connectivity index (χ0n) is 19.3. The van der Waals surface area contributed by atoms with Crippen molar-refractivity contribution in [1.29, 1.82) is 0 Å². The summed E-state index contributed by atoms with van der Waals surface area (Å²) in [5.41, 5.74) is 1.52. The second-order valence-corrected chi connectivity index (χ2v) is 8.94. The molecule has 7 heteroatoms. The molecule has 0 radical (unpaired) electrons. The number of hydrogen-bond acceptors (Lipinski definition) is 5. The highest BCUT2D eigenvalue weighted by Gasteiger charge is 2.35. The zero-order chi connectivity index (χ0) is 23.9. The van der Waals surface area contributed by atoms with Crippen molar-refractivity contribution in [3.8, 4) is 0 Å². The molecule has 7 nitrogen and oxygen atoms in total. The van der Waals surface area contributed by atoms with Crippen molar-refractivity contribution in [2.24, 2.45) is 7.05 Å². The molecule has 0 aliphatic carbocycles. The average Bonchev–Trinajstić information content (AvgIpc) is 3.31. The monoisotopic (exact) mass is 446 g/mol. The summed E-state index contributed by atoms with van der Waals surface area (Å²) in [4.78, 5) is 39.6. The third-order valence-corrected chi connectivity index (χ3v) is 5.51. The van der Waals surface area contributed by atoms with Crippen LogP contribution in [0.3, 0.4) is 0 Å². The Morgan fingerprint density at radius 1 is 0.879 bits per heavy atom. The Kier molecular flexibility index (Phi) is 5.57. The fraction of sp³-hybridized carbons (Fsp3) is 0.269. The molecule has 0 bridgehead atoms. The lowest BCUT2D eigenvalue weighted by atomic mass is 9.90. The van der Waals surface area contributed by atoms with Crippen molar-refractivity contribution in [1.82, 2.24) is 9.13 Å². The molecule has 1 unspecified atom stereocenters. The number of methoxy groups -OCH3 is 1. The maximum atomic E-state index is 13.8. The molecule has 1 atom stereocenters. The summed E-state index contributed by atoms with van der Waals surface area (Å²) in [5.74, 6) is -2.33. The van der Waals surface area contributed by atoms with Gasteiger partial charge in [0.05, 0.1) is 12.6 Å². The van der Waals surface area contributed by atoms with Crippen LogP contribution in [0.4, 0.5) is 4.79 Å². The lowest BCUT2D eigenvalue weighted by molar-refractivity contribution is -0.141. The standard InChI is InChI=1S/C26H26N2O5/c1-26(2,3)33-25(31)28-15-18(16-10-7-9-13-21(16)28)22(24(30)32-5)23(29)19-14-27(4)20-12-8-6-11-17(19)20/h6-15,22H,1-5H3. The van der Waals surface area contributed by atoms with Crippen molar-refractivity contribution in [3.05, 3.63) is 72.1 Å². The van der Waals surface area contributed by atoms with E-state index >= 15 is 0 Å². The van der Waals surface area contributed by atoms with Gasteiger partial charge in [-0.3, -0.25) is 14.2 Å². The SMILES string of the molecule is COC(=O)C(C(=O)c1cn(C)c2ccccc12)c1cn(C(=O)OC(C)(C)C)c2ccccc12. The summed E-state index contributed by atoms with van der Waals surface area (Å²) < 4.78 is 13.8. The molecule has 4 rings (SSSR count). The van der Waals surface area contributed by atoms with E-state index in [9.17, 15) is 14.4 Å². The van der Waals surface area contributed by atoms with Crippen LogP contribution < -0.4 is 0 Å². The van der Waals surface area contributed by atoms with Gasteiger partial charge in [-0.1, -0.05) is 36.4 Å². The van der Waals surface area contributed by atoms with Crippen LogP contribution in [0, 0.1) is 0 Å². The van der Waals surface area contributed by atoms with Gasteiger partial charge in [-0.25, -0.2) is 4.79 Å². The molecule has 0 fully saturated rings. The van der Waals surface area contributed by atoms with Crippen LogP contribution in [-0.4, -0.2) is 39.7 Å². The van der Waals surface area contributed by atoms with E-state index < -0.39 is 29.4 Å². The topological polar surface area (TPSA) is 79.5 Å². The summed E-state index contributed by atoms with van der Waals surface area (Å²) in [5, 5.41) is 1.35. The number of Topliss-reactive ketones (excluding diaryl/α,β-unsaturated/α-hetero) is 1. The maximum absolute atomic E-state index is 13.8. The number of ether oxygens (including phenoxy) is 2. The van der Waals surface area contributed by atoms with E-state index in [1.54, 1.807) is 51.2 Å². The van der Waals surface area contributed by atoms with Crippen molar-refractivity contribution in [2.75, 3.05) is 7.11 Å². The molecule has 0 aliphatic rings. The number of nitrogens with zero attached hydrogens (tertiary/aromatic N) is 2. The summed E-state index contributed by atoms with van der Waals surface area (Å²) >= 11 is 0. The minimum Gasteiger partial charge on any atom is -0.468 e. The summed E-state index contributed by atoms with van der Waals surface area (Å²) in [6.45, 7) is 5.33. The molecule has 2 aromatic carbocycles. The highest BCUT2D eigenvalue weighted by atomic mass is 16.6. The molecule has 0 saturated carbocycles. The number of carbonyl (C=O) groups excluding carboxylic acids is 3. The van der Waals surface area contributed by atoms with Crippen LogP contribution in [0.1, 0.15) is 42.6 Å². The molecule has 0 aliphatic heterocycles. The number of para-hydroxylation sites is 2. The predicted octanol–water partition coefficient (Wildman–Crippen LogP) is 5.06. The quantitative estimate of drug-likeness (QED) is 0.249. The fourth-order valence-corrected chi connectivity index (χ4v) is 4.08. The van der Waals surface area contributed by atoms with E-state index in [1.807, 2.05) is 35.9 Å². The van der Waals surface area contributed by atoms with Crippen molar-refractivity contribution in [3.63, 3.8) is 0 Å². The number of benzene rings is 2. The van der Waals surface area contributed by atoms with Gasteiger partial charge < -0.3 is 14.0 Å². The Bertz CT molecular complexity index is 1390. The minimum atomic E-state index is -1.24. The Morgan fingerprint density at radius 3 is 2.12 bits per heavy atom. The Morgan fingerprint density at radius 2 is 1.48 bits per heavy atom. The third-order valence-electron chi connectivity index (χ3n) is 5.51. The van der Waals surface area contributed by atoms with Crippen LogP contribution in [0.25, 0.3) is 21.8 Å². The molecule has 0 spiro atoms. The van der Waals surface area contributed by atoms with Crippen LogP contribution in [-0.2, 0) is 21.3 Å². The van der Waals surface area contributed by atoms with E-state index in [2.05, 4.69) is 0 Å². The number of hydrogen-bond donors (Lipinski definition) is 0. The number of fused-ring (bicyclic) bond motifs is 2. The van der Waals surface area contributed by atoms with Crippen LogP contribution in [0.5, 0.6) is 0 Å². The van der Waals surface area contributed by atoms with Gasteiger partial charge in [-0.05, 0) is 32.9 Å². The molecule has 2 heterocycles. The average molecular weight is 447 g/mol. The van der Waals surface area contributed by atoms with Crippen molar-refractivity contribution in [2.45, 2.75) is 32.3 Å². The number of aromatic nitrogens is 2. The number of rotatable bonds is 4. The van der Waals surface area contributed by atoms with Gasteiger partial charge in [-0.15, -0.1) is 0 Å². The summed E-state index contributed by atoms with van der Waals surface area (Å²) in [7, 11) is 3.10. The third kappa shape index (κ3) is 4.02. The van der Waals surface area contributed by atoms with Gasteiger partial charge in [0.25, 0.3) is 0 Å². The molecule has 33 heavy (non-hydrogen) atoms. The van der Waals surface area contributed by atoms with Crippen molar-refractivity contribution < 1.29 is 23.9 Å². The molecule has 2 aromatic heterocycles. The first kappa shape index (κ1) is 22.3. The first-order valence-corrected chi connectivity index (χ1v) is 10.6. The van der Waals surface area contributed by atoms with E-state index in [0.29, 0.717) is 22.0 Å². The van der Waals surface area contributed by atoms with E-state index in [4.69, 9.17) is 9.47 Å². The molecule has 0 saturated heterocycles. The normalized spacial score (nSPS) is 12.6. The van der Waals surface area contributed by atoms with Gasteiger partial charge in [0.2, 0.25) is 0 Å². The fourth-order valence-electron chi connectivity index (χ4n) is 4.08. The predicted molar refractivity (Wildman–Crippen MR) is 126 cm³/mol. The van der Waals surface area contributed by atoms with Crippen LogP contribution in [0.15, 0.2) is 60.9 Å². The second kappa shape index (κ2) is 8.24. The molecule has 4 aromatic rings. The largest absolute Gasteiger partial charge is 0.468 e. The number of esters is 1. The van der Waals surface area contributed by atoms with Gasteiger partial charge in [-0.2, -0.15) is 0 Å². The Labute approximate surface area is 191 Å². The van der Waals surface area contributed by atoms with Crippen molar-refractivity contribution >= 4 is 39.7 Å². The molecule has 170 valence electrons. The lowest BCUT2D eigenvalue weighted by Crippen LogP contribution is -2.27. The molecular formula is C26H26N2O5. The number of carbonyl (C=O) groups is 3. The number of aryl methyl sites for hydroxylation is 1. The summed E-state index contributed by atoms with van der Waals surface area (Å²) in [6, 6.07) is 14.6. The van der Waals surface area contributed by atoms with Crippen LogP contribution >= 0.6 is 0 Å². The molecule has 0 amide bonds. The smallest absolute Gasteiger partial charge is 0.419 e. The maximum Gasteiger partial charge on any atom is 0.419 e. The van der Waals surface area contributed by atoms with Crippen LogP contribution in [0.2, 0.25) is 0 Å². The van der Waals surface area contributed by atoms with Gasteiger partial charge in [0.15, 0.2) is 5.78 Å². The first-order valence-electron chi connectivity index (χ1n) is 10.6. The second-order valence-electron chi connectivity index (χ2n) is 8.94. The zero-order valence-corrected chi connectivity index (χ0v) is 19.3. The van der Waals surface area contributed by atoms with E-state index in [1.165, 1.54) is 17.9 Å².